The highest BCUT2D eigenvalue weighted by Gasteiger charge is 2.26. The van der Waals surface area contributed by atoms with Gasteiger partial charge in [0.15, 0.2) is 0 Å². The smallest absolute Gasteiger partial charge is 0.0482 e. The summed E-state index contributed by atoms with van der Waals surface area (Å²) in [6, 6.07) is 8.11. The van der Waals surface area contributed by atoms with Gasteiger partial charge in [-0.2, -0.15) is 0 Å². The molecule has 0 radical (unpaired) electrons. The number of rotatable bonds is 2. The molecule has 0 nitrogen and oxygen atoms in total. The maximum absolute atomic E-state index is 3.68. The molecule has 0 aromatic heterocycles. The molecule has 0 aliphatic rings. The number of halogens is 16. The predicted molar refractivity (Wildman–Crippen MR) is 227 cm³/mol. The van der Waals surface area contributed by atoms with Crippen LogP contribution >= 0.6 is 255 Å². The molecule has 40 heavy (non-hydrogen) atoms. The van der Waals surface area contributed by atoms with Gasteiger partial charge >= 0.3 is 0 Å². The third-order valence-electron chi connectivity index (χ3n) is 5.02. The summed E-state index contributed by atoms with van der Waals surface area (Å²) in [6.45, 7) is 0. The van der Waals surface area contributed by atoms with Crippen LogP contribution in [0.3, 0.4) is 0 Å². The van der Waals surface area contributed by atoms with Crippen LogP contribution in [0.2, 0.25) is 0 Å². The van der Waals surface area contributed by atoms with Gasteiger partial charge in [0.2, 0.25) is 0 Å². The molecular formula is C24H4Br16. The van der Waals surface area contributed by atoms with Gasteiger partial charge in [0, 0.05) is 88.3 Å². The van der Waals surface area contributed by atoms with Crippen molar-refractivity contribution in [2.75, 3.05) is 0 Å². The Labute approximate surface area is 365 Å². The normalized spacial score (nSPS) is 11.0. The van der Waals surface area contributed by atoms with E-state index >= 15 is 0 Å². The van der Waals surface area contributed by atoms with Crippen molar-refractivity contribution in [3.63, 3.8) is 0 Å². The van der Waals surface area contributed by atoms with Crippen molar-refractivity contribution in [1.82, 2.24) is 0 Å². The monoisotopic (exact) mass is 1550 g/mol. The molecule has 0 amide bonds. The largest absolute Gasteiger partial charge is 0.0616 e. The highest BCUT2D eigenvalue weighted by molar-refractivity contribution is 9.17. The standard InChI is InChI=1S/C12Br10.C12H4Br6/c13-3-1(4(14)8(18)11(21)7(3)17)2-5(15)9(19)12(22)10(20)6(2)16;13-6-4-2-1-3-5(6)7-8(14)10(16)12(18)11(17)9(7)15/h;1-4H. The SMILES string of the molecule is Brc1c(Br)c(Br)c(-c2c(Br)c(Br)c(Br)c(Br)c2Br)c(Br)c1Br.Brc1ccccc1-c1c(Br)c(Br)c(Br)c(Br)c1Br. The van der Waals surface area contributed by atoms with E-state index in [-0.39, 0.29) is 0 Å². The van der Waals surface area contributed by atoms with Crippen molar-refractivity contribution in [2.24, 2.45) is 0 Å². The molecule has 0 bridgehead atoms. The molecule has 0 fully saturated rings. The fourth-order valence-corrected chi connectivity index (χ4v) is 14.0. The van der Waals surface area contributed by atoms with Gasteiger partial charge in [0.25, 0.3) is 0 Å². The third-order valence-corrected chi connectivity index (χ3v) is 24.0. The average molecular weight is 1570 g/mol. The Kier molecular flexibility index (Phi) is 16.4. The molecule has 4 rings (SSSR count). The first kappa shape index (κ1) is 39.0. The van der Waals surface area contributed by atoms with Crippen LogP contribution in [-0.2, 0) is 0 Å². The van der Waals surface area contributed by atoms with Gasteiger partial charge in [-0.3, -0.25) is 0 Å². The van der Waals surface area contributed by atoms with E-state index in [1.165, 1.54) is 0 Å². The highest BCUT2D eigenvalue weighted by atomic mass is 79.9. The fraction of sp³-hybridized carbons (Fsp3) is 0. The van der Waals surface area contributed by atoms with Crippen molar-refractivity contribution in [2.45, 2.75) is 0 Å². The summed E-state index contributed by atoms with van der Waals surface area (Å²) in [5.41, 5.74) is 4.19. The minimum absolute atomic E-state index is 0.923. The van der Waals surface area contributed by atoms with E-state index in [1.54, 1.807) is 0 Å². The van der Waals surface area contributed by atoms with Crippen LogP contribution in [0, 0.1) is 0 Å². The Morgan fingerprint density at radius 2 is 0.475 bits per heavy atom. The summed E-state index contributed by atoms with van der Waals surface area (Å²) in [7, 11) is 0. The molecule has 0 aliphatic heterocycles. The number of benzene rings is 4. The zero-order chi connectivity index (χ0) is 30.4. The molecule has 0 heterocycles. The van der Waals surface area contributed by atoms with Crippen LogP contribution in [0.25, 0.3) is 22.3 Å². The third kappa shape index (κ3) is 8.05. The first-order valence-corrected chi connectivity index (χ1v) is 22.5. The zero-order valence-corrected chi connectivity index (χ0v) is 43.7. The number of hydrogen-bond donors (Lipinski definition) is 0. The minimum Gasteiger partial charge on any atom is -0.0616 e. The molecule has 4 aromatic rings. The number of hydrogen-bond acceptors (Lipinski definition) is 0. The quantitative estimate of drug-likeness (QED) is 0.139. The second kappa shape index (κ2) is 16.8. The Morgan fingerprint density at radius 3 is 0.750 bits per heavy atom. The van der Waals surface area contributed by atoms with Crippen LogP contribution in [0.5, 0.6) is 0 Å². The Balaban J connectivity index is 0.000000225. The Bertz CT molecular complexity index is 1510. The van der Waals surface area contributed by atoms with Crippen LogP contribution in [0.15, 0.2) is 95.8 Å². The molecule has 4 aromatic carbocycles. The second-order valence-corrected chi connectivity index (χ2v) is 20.1. The molecule has 0 unspecified atom stereocenters. The van der Waals surface area contributed by atoms with E-state index in [0.29, 0.717) is 0 Å². The first-order chi connectivity index (χ1) is 18.6. The van der Waals surface area contributed by atoms with Gasteiger partial charge in [-0.05, 0) is 251 Å². The molecule has 0 saturated carbocycles. The van der Waals surface area contributed by atoms with E-state index < -0.39 is 0 Å². The van der Waals surface area contributed by atoms with Gasteiger partial charge in [0.1, 0.15) is 0 Å². The summed E-state index contributed by atoms with van der Waals surface area (Å²) < 4.78 is 15.2. The van der Waals surface area contributed by atoms with Gasteiger partial charge in [0.05, 0.1) is 0 Å². The van der Waals surface area contributed by atoms with Crippen LogP contribution in [0.1, 0.15) is 0 Å². The molecule has 0 spiro atoms. The maximum Gasteiger partial charge on any atom is 0.0482 e. The van der Waals surface area contributed by atoms with Crippen molar-refractivity contribution in [3.05, 3.63) is 95.8 Å². The minimum atomic E-state index is 0.923. The summed E-state index contributed by atoms with van der Waals surface area (Å²) >= 11 is 57.8. The van der Waals surface area contributed by atoms with E-state index in [4.69, 9.17) is 0 Å². The lowest BCUT2D eigenvalue weighted by atomic mass is 10.1. The van der Waals surface area contributed by atoms with E-state index in [1.807, 2.05) is 18.2 Å². The van der Waals surface area contributed by atoms with Crippen LogP contribution in [-0.4, -0.2) is 0 Å². The summed E-state index contributed by atoms with van der Waals surface area (Å²) in [4.78, 5) is 0. The lowest BCUT2D eigenvalue weighted by Crippen LogP contribution is -1.93. The summed E-state index contributed by atoms with van der Waals surface area (Å²) in [6.07, 6.45) is 0. The van der Waals surface area contributed by atoms with Gasteiger partial charge in [-0.25, -0.2) is 0 Å². The van der Waals surface area contributed by atoms with E-state index in [9.17, 15) is 0 Å². The topological polar surface area (TPSA) is 0 Å². The Morgan fingerprint density at radius 1 is 0.250 bits per heavy atom. The van der Waals surface area contributed by atoms with Crippen molar-refractivity contribution in [3.8, 4) is 22.3 Å². The molecule has 212 valence electrons. The lowest BCUT2D eigenvalue weighted by molar-refractivity contribution is 1.39. The molecule has 0 saturated heterocycles. The zero-order valence-electron chi connectivity index (χ0n) is 18.4. The van der Waals surface area contributed by atoms with Crippen LogP contribution < -0.4 is 0 Å². The average Bonchev–Trinajstić information content (AvgIpc) is 2.94. The van der Waals surface area contributed by atoms with E-state index in [0.717, 1.165) is 93.8 Å². The van der Waals surface area contributed by atoms with Crippen molar-refractivity contribution < 1.29 is 0 Å². The van der Waals surface area contributed by atoms with Crippen molar-refractivity contribution >= 4 is 255 Å². The maximum atomic E-state index is 3.68. The lowest BCUT2D eigenvalue weighted by Gasteiger charge is -2.19. The van der Waals surface area contributed by atoms with Crippen molar-refractivity contribution in [1.29, 1.82) is 0 Å². The van der Waals surface area contributed by atoms with Gasteiger partial charge in [-0.1, -0.05) is 34.1 Å². The second-order valence-electron chi connectivity index (χ2n) is 7.31. The Hall–Kier alpha value is 4.56. The molecule has 0 atom stereocenters. The summed E-state index contributed by atoms with van der Waals surface area (Å²) in [5, 5.41) is 0. The molecule has 16 heteroatoms. The highest BCUT2D eigenvalue weighted by Crippen LogP contribution is 2.55. The van der Waals surface area contributed by atoms with Crippen LogP contribution in [0.4, 0.5) is 0 Å². The first-order valence-electron chi connectivity index (χ1n) is 9.85. The van der Waals surface area contributed by atoms with Gasteiger partial charge in [-0.15, -0.1) is 0 Å². The van der Waals surface area contributed by atoms with Gasteiger partial charge < -0.3 is 0 Å². The van der Waals surface area contributed by atoms with E-state index in [2.05, 4.69) is 261 Å². The molecule has 0 aliphatic carbocycles. The fourth-order valence-electron chi connectivity index (χ4n) is 3.15. The summed E-state index contributed by atoms with van der Waals surface area (Å²) in [5.74, 6) is 0. The predicted octanol–water partition coefficient (Wildman–Crippen LogP) is 18.9. The molecular weight excluding hydrogens is 1570 g/mol. The molecule has 0 N–H and O–H groups in total.